The van der Waals surface area contributed by atoms with Crippen molar-refractivity contribution < 1.29 is 9.18 Å². The molecule has 1 aromatic carbocycles. The molecule has 3 aromatic rings. The number of nitrogens with one attached hydrogen (secondary N) is 1. The lowest BCUT2D eigenvalue weighted by Gasteiger charge is -2.09. The van der Waals surface area contributed by atoms with Gasteiger partial charge in [-0.1, -0.05) is 12.1 Å². The van der Waals surface area contributed by atoms with Crippen molar-refractivity contribution in [3.63, 3.8) is 0 Å². The van der Waals surface area contributed by atoms with Gasteiger partial charge >= 0.3 is 0 Å². The van der Waals surface area contributed by atoms with Crippen LogP contribution >= 0.6 is 0 Å². The lowest BCUT2D eigenvalue weighted by atomic mass is 10.1. The van der Waals surface area contributed by atoms with Crippen molar-refractivity contribution in [1.29, 1.82) is 0 Å². The molecule has 0 aliphatic heterocycles. The zero-order valence-corrected chi connectivity index (χ0v) is 11.3. The van der Waals surface area contributed by atoms with Crippen molar-refractivity contribution in [1.82, 2.24) is 9.97 Å². The minimum Gasteiger partial charge on any atom is -0.320 e. The fraction of sp³-hybridized carbons (Fsp3) is 0.0625. The molecule has 104 valence electrons. The number of hydrogen-bond donors (Lipinski definition) is 1. The number of benzene rings is 1. The SMILES string of the molecule is Cc1ccc(NC(=O)c2cccc(F)n2)c2cccnc12. The van der Waals surface area contributed by atoms with Crippen LogP contribution in [0.15, 0.2) is 48.7 Å². The van der Waals surface area contributed by atoms with E-state index >= 15 is 0 Å². The quantitative estimate of drug-likeness (QED) is 0.733. The summed E-state index contributed by atoms with van der Waals surface area (Å²) in [5.41, 5.74) is 2.50. The molecule has 0 spiro atoms. The van der Waals surface area contributed by atoms with E-state index in [1.807, 2.05) is 19.1 Å². The zero-order chi connectivity index (χ0) is 14.8. The summed E-state index contributed by atoms with van der Waals surface area (Å²) in [5, 5.41) is 3.58. The number of aromatic nitrogens is 2. The average Bonchev–Trinajstić information content (AvgIpc) is 2.50. The molecule has 4 nitrogen and oxygen atoms in total. The predicted molar refractivity (Wildman–Crippen MR) is 78.6 cm³/mol. The first-order valence-corrected chi connectivity index (χ1v) is 6.43. The number of rotatable bonds is 2. The lowest BCUT2D eigenvalue weighted by Crippen LogP contribution is -2.14. The van der Waals surface area contributed by atoms with Crippen LogP contribution in [0.25, 0.3) is 10.9 Å². The number of amides is 1. The molecule has 1 amide bonds. The fourth-order valence-electron chi connectivity index (χ4n) is 2.14. The summed E-state index contributed by atoms with van der Waals surface area (Å²) in [6.07, 6.45) is 1.70. The Morgan fingerprint density at radius 2 is 2.00 bits per heavy atom. The molecule has 0 bridgehead atoms. The van der Waals surface area contributed by atoms with Crippen LogP contribution in [0.4, 0.5) is 10.1 Å². The largest absolute Gasteiger partial charge is 0.320 e. The van der Waals surface area contributed by atoms with Gasteiger partial charge in [0, 0.05) is 11.6 Å². The predicted octanol–water partition coefficient (Wildman–Crippen LogP) is 3.33. The van der Waals surface area contributed by atoms with E-state index in [4.69, 9.17) is 0 Å². The Morgan fingerprint density at radius 3 is 2.81 bits per heavy atom. The van der Waals surface area contributed by atoms with Crippen LogP contribution in [0.3, 0.4) is 0 Å². The number of hydrogen-bond acceptors (Lipinski definition) is 3. The van der Waals surface area contributed by atoms with Gasteiger partial charge in [-0.05, 0) is 42.8 Å². The minimum atomic E-state index is -0.682. The minimum absolute atomic E-state index is 0.0348. The molecule has 2 heterocycles. The number of carbonyl (C=O) groups is 1. The topological polar surface area (TPSA) is 54.9 Å². The van der Waals surface area contributed by atoms with Crippen molar-refractivity contribution in [3.05, 3.63) is 65.9 Å². The Labute approximate surface area is 120 Å². The number of fused-ring (bicyclic) bond motifs is 1. The molecule has 0 saturated carbocycles. The molecule has 1 N–H and O–H groups in total. The van der Waals surface area contributed by atoms with Gasteiger partial charge in [-0.2, -0.15) is 4.39 Å². The standard InChI is InChI=1S/C16H12FN3O/c1-10-7-8-12(11-4-3-9-18-15(10)11)20-16(21)13-5-2-6-14(17)19-13/h2-9H,1H3,(H,20,21). The van der Waals surface area contributed by atoms with E-state index in [2.05, 4.69) is 15.3 Å². The Kier molecular flexibility index (Phi) is 3.31. The Balaban J connectivity index is 1.99. The van der Waals surface area contributed by atoms with Crippen LogP contribution < -0.4 is 5.32 Å². The molecule has 5 heteroatoms. The first-order valence-electron chi connectivity index (χ1n) is 6.43. The van der Waals surface area contributed by atoms with Crippen molar-refractivity contribution in [3.8, 4) is 0 Å². The Bertz CT molecular complexity index is 833. The summed E-state index contributed by atoms with van der Waals surface area (Å²) < 4.78 is 13.1. The van der Waals surface area contributed by atoms with Gasteiger partial charge in [0.1, 0.15) is 5.69 Å². The van der Waals surface area contributed by atoms with Gasteiger partial charge in [-0.25, -0.2) is 4.98 Å². The number of nitrogens with zero attached hydrogens (tertiary/aromatic N) is 2. The highest BCUT2D eigenvalue weighted by atomic mass is 19.1. The molecule has 0 saturated heterocycles. The third kappa shape index (κ3) is 2.58. The van der Waals surface area contributed by atoms with E-state index in [-0.39, 0.29) is 5.69 Å². The molecule has 0 radical (unpaired) electrons. The molecule has 0 fully saturated rings. The molecule has 0 atom stereocenters. The van der Waals surface area contributed by atoms with E-state index in [0.29, 0.717) is 5.69 Å². The number of pyridine rings is 2. The Hall–Kier alpha value is -2.82. The van der Waals surface area contributed by atoms with Crippen LogP contribution in [0.5, 0.6) is 0 Å². The Morgan fingerprint density at radius 1 is 1.14 bits per heavy atom. The summed E-state index contributed by atoms with van der Waals surface area (Å²) >= 11 is 0. The summed E-state index contributed by atoms with van der Waals surface area (Å²) in [5.74, 6) is -1.14. The highest BCUT2D eigenvalue weighted by Crippen LogP contribution is 2.24. The van der Waals surface area contributed by atoms with E-state index in [1.54, 1.807) is 18.3 Å². The van der Waals surface area contributed by atoms with Gasteiger partial charge in [0.15, 0.2) is 0 Å². The van der Waals surface area contributed by atoms with E-state index in [1.165, 1.54) is 18.2 Å². The van der Waals surface area contributed by atoms with Gasteiger partial charge < -0.3 is 5.32 Å². The summed E-state index contributed by atoms with van der Waals surface area (Å²) in [6, 6.07) is 11.5. The molecular weight excluding hydrogens is 269 g/mol. The fourth-order valence-corrected chi connectivity index (χ4v) is 2.14. The second kappa shape index (κ2) is 5.28. The third-order valence-corrected chi connectivity index (χ3v) is 3.17. The average molecular weight is 281 g/mol. The number of aryl methyl sites for hydroxylation is 1. The molecule has 2 aromatic heterocycles. The maximum atomic E-state index is 13.1. The molecule has 0 unspecified atom stereocenters. The van der Waals surface area contributed by atoms with Crippen molar-refractivity contribution in [2.24, 2.45) is 0 Å². The highest BCUT2D eigenvalue weighted by molar-refractivity contribution is 6.08. The van der Waals surface area contributed by atoms with Crippen molar-refractivity contribution >= 4 is 22.5 Å². The number of carbonyl (C=O) groups excluding carboxylic acids is 1. The van der Waals surface area contributed by atoms with Crippen molar-refractivity contribution in [2.75, 3.05) is 5.32 Å². The van der Waals surface area contributed by atoms with Crippen molar-refractivity contribution in [2.45, 2.75) is 6.92 Å². The maximum Gasteiger partial charge on any atom is 0.274 e. The maximum absolute atomic E-state index is 13.1. The third-order valence-electron chi connectivity index (χ3n) is 3.17. The number of anilines is 1. The summed E-state index contributed by atoms with van der Waals surface area (Å²) in [6.45, 7) is 1.95. The van der Waals surface area contributed by atoms with Crippen LogP contribution in [-0.4, -0.2) is 15.9 Å². The normalized spacial score (nSPS) is 10.6. The second-order valence-electron chi connectivity index (χ2n) is 4.63. The van der Waals surface area contributed by atoms with Crippen LogP contribution in [0, 0.1) is 12.9 Å². The van der Waals surface area contributed by atoms with Gasteiger partial charge in [0.25, 0.3) is 5.91 Å². The first kappa shape index (κ1) is 13.2. The lowest BCUT2D eigenvalue weighted by molar-refractivity contribution is 0.102. The van der Waals surface area contributed by atoms with Gasteiger partial charge in [0.2, 0.25) is 5.95 Å². The van der Waals surface area contributed by atoms with Crippen LogP contribution in [0.2, 0.25) is 0 Å². The molecular formula is C16H12FN3O. The van der Waals surface area contributed by atoms with Gasteiger partial charge in [-0.3, -0.25) is 9.78 Å². The monoisotopic (exact) mass is 281 g/mol. The van der Waals surface area contributed by atoms with E-state index < -0.39 is 11.9 Å². The molecule has 21 heavy (non-hydrogen) atoms. The summed E-state index contributed by atoms with van der Waals surface area (Å²) in [4.78, 5) is 20.0. The second-order valence-corrected chi connectivity index (χ2v) is 4.63. The van der Waals surface area contributed by atoms with Gasteiger partial charge in [0.05, 0.1) is 11.2 Å². The molecule has 3 rings (SSSR count). The van der Waals surface area contributed by atoms with Gasteiger partial charge in [-0.15, -0.1) is 0 Å². The van der Waals surface area contributed by atoms with E-state index in [0.717, 1.165) is 16.5 Å². The molecule has 0 aliphatic carbocycles. The summed E-state index contributed by atoms with van der Waals surface area (Å²) in [7, 11) is 0. The number of halogens is 1. The highest BCUT2D eigenvalue weighted by Gasteiger charge is 2.11. The van der Waals surface area contributed by atoms with Crippen LogP contribution in [-0.2, 0) is 0 Å². The zero-order valence-electron chi connectivity index (χ0n) is 11.3. The smallest absolute Gasteiger partial charge is 0.274 e. The first-order chi connectivity index (χ1) is 10.1. The van der Waals surface area contributed by atoms with E-state index in [9.17, 15) is 9.18 Å². The van der Waals surface area contributed by atoms with Crippen LogP contribution in [0.1, 0.15) is 16.1 Å². The molecule has 0 aliphatic rings.